The van der Waals surface area contributed by atoms with Crippen LogP contribution in [0.15, 0.2) is 0 Å². The zero-order chi connectivity index (χ0) is 12.3. The molecule has 1 saturated carbocycles. The minimum Gasteiger partial charge on any atom is -0.368 e. The highest BCUT2D eigenvalue weighted by Crippen LogP contribution is 2.38. The van der Waals surface area contributed by atoms with Crippen molar-refractivity contribution in [2.75, 3.05) is 0 Å². The van der Waals surface area contributed by atoms with Crippen LogP contribution in [-0.2, 0) is 4.79 Å². The summed E-state index contributed by atoms with van der Waals surface area (Å²) in [4.78, 5) is 11.1. The van der Waals surface area contributed by atoms with Crippen LogP contribution in [0.4, 0.5) is 0 Å². The molecule has 1 fully saturated rings. The number of carbonyl (C=O) groups excluding carboxylic acids is 1. The molecular weight excluding hydrogens is 200 g/mol. The lowest BCUT2D eigenvalue weighted by atomic mass is 9.69. The summed E-state index contributed by atoms with van der Waals surface area (Å²) in [5.41, 5.74) is 5.61. The Hall–Kier alpha value is -0.570. The monoisotopic (exact) mass is 226 g/mol. The van der Waals surface area contributed by atoms with E-state index < -0.39 is 0 Å². The Kier molecular flexibility index (Phi) is 4.36. The van der Waals surface area contributed by atoms with E-state index in [2.05, 4.69) is 26.1 Å². The molecule has 3 unspecified atom stereocenters. The van der Waals surface area contributed by atoms with E-state index in [9.17, 15) is 4.79 Å². The zero-order valence-corrected chi connectivity index (χ0v) is 11.0. The van der Waals surface area contributed by atoms with E-state index >= 15 is 0 Å². The van der Waals surface area contributed by atoms with Gasteiger partial charge < -0.3 is 11.1 Å². The van der Waals surface area contributed by atoms with Gasteiger partial charge in [-0.3, -0.25) is 4.79 Å². The van der Waals surface area contributed by atoms with Crippen molar-refractivity contribution in [3.63, 3.8) is 0 Å². The fourth-order valence-corrected chi connectivity index (χ4v) is 2.77. The van der Waals surface area contributed by atoms with Gasteiger partial charge in [-0.25, -0.2) is 0 Å². The van der Waals surface area contributed by atoms with Crippen LogP contribution in [0, 0.1) is 11.3 Å². The maximum Gasteiger partial charge on any atom is 0.234 e. The van der Waals surface area contributed by atoms with Gasteiger partial charge in [-0.15, -0.1) is 0 Å². The molecule has 0 heterocycles. The SMILES string of the molecule is CC(NC1CCCCC1C(C)(C)C)C(N)=O. The first-order chi connectivity index (χ1) is 7.32. The number of rotatable bonds is 3. The first-order valence-corrected chi connectivity index (χ1v) is 6.37. The number of primary amides is 1. The van der Waals surface area contributed by atoms with Crippen LogP contribution in [0.25, 0.3) is 0 Å². The molecular formula is C13H26N2O. The quantitative estimate of drug-likeness (QED) is 0.774. The second-order valence-corrected chi connectivity index (χ2v) is 6.15. The summed E-state index contributed by atoms with van der Waals surface area (Å²) in [6.45, 7) is 8.71. The van der Waals surface area contributed by atoms with Gasteiger partial charge in [-0.1, -0.05) is 33.6 Å². The summed E-state index contributed by atoms with van der Waals surface area (Å²) in [5, 5.41) is 3.40. The number of carbonyl (C=O) groups is 1. The second kappa shape index (κ2) is 5.17. The highest BCUT2D eigenvalue weighted by atomic mass is 16.1. The molecule has 0 spiro atoms. The molecule has 1 rings (SSSR count). The van der Waals surface area contributed by atoms with Crippen LogP contribution in [0.3, 0.4) is 0 Å². The average Bonchev–Trinajstić information content (AvgIpc) is 2.16. The van der Waals surface area contributed by atoms with Crippen molar-refractivity contribution in [1.29, 1.82) is 0 Å². The highest BCUT2D eigenvalue weighted by molar-refractivity contribution is 5.79. The van der Waals surface area contributed by atoms with Gasteiger partial charge in [0.25, 0.3) is 0 Å². The van der Waals surface area contributed by atoms with E-state index in [1.54, 1.807) is 0 Å². The van der Waals surface area contributed by atoms with Gasteiger partial charge in [0.05, 0.1) is 6.04 Å². The van der Waals surface area contributed by atoms with Crippen LogP contribution in [-0.4, -0.2) is 18.0 Å². The van der Waals surface area contributed by atoms with E-state index in [4.69, 9.17) is 5.73 Å². The normalized spacial score (nSPS) is 28.8. The van der Waals surface area contributed by atoms with Crippen LogP contribution in [0.2, 0.25) is 0 Å². The first-order valence-electron chi connectivity index (χ1n) is 6.37. The Morgan fingerprint density at radius 1 is 1.31 bits per heavy atom. The van der Waals surface area contributed by atoms with Gasteiger partial charge in [0.1, 0.15) is 0 Å². The third-order valence-corrected chi connectivity index (χ3v) is 3.77. The molecule has 1 amide bonds. The Morgan fingerprint density at radius 3 is 2.38 bits per heavy atom. The fraction of sp³-hybridized carbons (Fsp3) is 0.923. The summed E-state index contributed by atoms with van der Waals surface area (Å²) in [5.74, 6) is 0.390. The molecule has 3 heteroatoms. The van der Waals surface area contributed by atoms with E-state index in [0.717, 1.165) is 0 Å². The topological polar surface area (TPSA) is 55.1 Å². The van der Waals surface area contributed by atoms with Gasteiger partial charge in [0, 0.05) is 6.04 Å². The van der Waals surface area contributed by atoms with Gasteiger partial charge >= 0.3 is 0 Å². The Labute approximate surface area is 99.2 Å². The number of nitrogens with one attached hydrogen (secondary N) is 1. The third-order valence-electron chi connectivity index (χ3n) is 3.77. The van der Waals surface area contributed by atoms with Crippen molar-refractivity contribution < 1.29 is 4.79 Å². The molecule has 0 aromatic rings. The summed E-state index contributed by atoms with van der Waals surface area (Å²) in [7, 11) is 0. The third kappa shape index (κ3) is 3.48. The summed E-state index contributed by atoms with van der Waals surface area (Å²) in [6.07, 6.45) is 4.99. The molecule has 0 aliphatic heterocycles. The van der Waals surface area contributed by atoms with E-state index in [-0.39, 0.29) is 11.9 Å². The lowest BCUT2D eigenvalue weighted by molar-refractivity contribution is -0.120. The largest absolute Gasteiger partial charge is 0.368 e. The summed E-state index contributed by atoms with van der Waals surface area (Å²) >= 11 is 0. The second-order valence-electron chi connectivity index (χ2n) is 6.15. The van der Waals surface area contributed by atoms with Crippen LogP contribution < -0.4 is 11.1 Å². The number of hydrogen-bond donors (Lipinski definition) is 2. The summed E-state index contributed by atoms with van der Waals surface area (Å²) < 4.78 is 0. The van der Waals surface area contributed by atoms with Gasteiger partial charge in [-0.05, 0) is 31.1 Å². The van der Waals surface area contributed by atoms with E-state index in [1.165, 1.54) is 25.7 Å². The molecule has 3 N–H and O–H groups in total. The van der Waals surface area contributed by atoms with Crippen LogP contribution in [0.1, 0.15) is 53.4 Å². The fourth-order valence-electron chi connectivity index (χ4n) is 2.77. The molecule has 0 bridgehead atoms. The molecule has 1 aliphatic carbocycles. The minimum absolute atomic E-state index is 0.215. The van der Waals surface area contributed by atoms with Gasteiger partial charge in [0.15, 0.2) is 0 Å². The molecule has 0 radical (unpaired) electrons. The molecule has 0 saturated heterocycles. The molecule has 16 heavy (non-hydrogen) atoms. The average molecular weight is 226 g/mol. The molecule has 3 atom stereocenters. The zero-order valence-electron chi connectivity index (χ0n) is 11.0. The molecule has 1 aliphatic rings. The van der Waals surface area contributed by atoms with E-state index in [0.29, 0.717) is 17.4 Å². The van der Waals surface area contributed by atoms with Gasteiger partial charge in [-0.2, -0.15) is 0 Å². The molecule has 0 aromatic heterocycles. The van der Waals surface area contributed by atoms with Crippen molar-refractivity contribution in [3.8, 4) is 0 Å². The number of nitrogens with two attached hydrogens (primary N) is 1. The van der Waals surface area contributed by atoms with Gasteiger partial charge in [0.2, 0.25) is 5.91 Å². The van der Waals surface area contributed by atoms with Crippen molar-refractivity contribution in [2.24, 2.45) is 17.1 Å². The standard InChI is InChI=1S/C13H26N2O/c1-9(12(14)16)15-11-8-6-5-7-10(11)13(2,3)4/h9-11,15H,5-8H2,1-4H3,(H2,14,16). The summed E-state index contributed by atoms with van der Waals surface area (Å²) in [6, 6.07) is 0.226. The number of amides is 1. The number of hydrogen-bond acceptors (Lipinski definition) is 2. The first kappa shape index (κ1) is 13.5. The Bertz CT molecular complexity index is 245. The maximum atomic E-state index is 11.1. The smallest absolute Gasteiger partial charge is 0.234 e. The molecule has 94 valence electrons. The lowest BCUT2D eigenvalue weighted by Gasteiger charge is -2.41. The predicted octanol–water partition coefficient (Wildman–Crippen LogP) is 2.05. The van der Waals surface area contributed by atoms with Crippen LogP contribution >= 0.6 is 0 Å². The minimum atomic E-state index is -0.252. The Morgan fingerprint density at radius 2 is 1.88 bits per heavy atom. The van der Waals surface area contributed by atoms with E-state index in [1.807, 2.05) is 6.92 Å². The van der Waals surface area contributed by atoms with Crippen molar-refractivity contribution in [2.45, 2.75) is 65.5 Å². The highest BCUT2D eigenvalue weighted by Gasteiger charge is 2.34. The van der Waals surface area contributed by atoms with Crippen molar-refractivity contribution in [1.82, 2.24) is 5.32 Å². The predicted molar refractivity (Wildman–Crippen MR) is 67.0 cm³/mol. The lowest BCUT2D eigenvalue weighted by Crippen LogP contribution is -2.51. The molecule has 3 nitrogen and oxygen atoms in total. The maximum absolute atomic E-state index is 11.1. The Balaban J connectivity index is 2.64. The van der Waals surface area contributed by atoms with Crippen LogP contribution in [0.5, 0.6) is 0 Å². The van der Waals surface area contributed by atoms with Crippen molar-refractivity contribution >= 4 is 5.91 Å². The molecule has 0 aromatic carbocycles. The van der Waals surface area contributed by atoms with Crippen molar-refractivity contribution in [3.05, 3.63) is 0 Å².